The lowest BCUT2D eigenvalue weighted by molar-refractivity contribution is -0.0135. The smallest absolute Gasteiger partial charge is 0.410 e. The van der Waals surface area contributed by atoms with E-state index in [2.05, 4.69) is 4.98 Å². The van der Waals surface area contributed by atoms with E-state index in [-0.39, 0.29) is 30.5 Å². The molecule has 0 aliphatic carbocycles. The van der Waals surface area contributed by atoms with Crippen LogP contribution in [0.2, 0.25) is 0 Å². The van der Waals surface area contributed by atoms with Gasteiger partial charge < -0.3 is 29.2 Å². The quantitative estimate of drug-likeness (QED) is 0.445. The van der Waals surface area contributed by atoms with Crippen molar-refractivity contribution in [1.29, 1.82) is 0 Å². The Bertz CT molecular complexity index is 1130. The lowest BCUT2D eigenvalue weighted by atomic mass is 10.2. The van der Waals surface area contributed by atoms with Crippen molar-refractivity contribution in [2.75, 3.05) is 13.2 Å². The Morgan fingerprint density at radius 1 is 1.06 bits per heavy atom. The number of hydrogen-bond donors (Lipinski definition) is 2. The Balaban J connectivity index is 1.82. The van der Waals surface area contributed by atoms with Gasteiger partial charge in [0.1, 0.15) is 29.3 Å². The summed E-state index contributed by atoms with van der Waals surface area (Å²) in [6.45, 7) is 9.13. The summed E-state index contributed by atoms with van der Waals surface area (Å²) in [6, 6.07) is 13.4. The number of ether oxygens (including phenoxy) is 3. The number of fused-ring (bicyclic) bond motifs is 1. The summed E-state index contributed by atoms with van der Waals surface area (Å²) in [5, 5.41) is 11.0. The van der Waals surface area contributed by atoms with Gasteiger partial charge >= 0.3 is 12.1 Å². The van der Waals surface area contributed by atoms with Crippen LogP contribution in [0.1, 0.15) is 45.0 Å². The van der Waals surface area contributed by atoms with Crippen LogP contribution < -0.4 is 4.74 Å². The van der Waals surface area contributed by atoms with Gasteiger partial charge in [-0.1, -0.05) is 18.2 Å². The van der Waals surface area contributed by atoms with Gasteiger partial charge in [0.05, 0.1) is 6.54 Å². The van der Waals surface area contributed by atoms with Crippen molar-refractivity contribution in [3.8, 4) is 11.5 Å². The van der Waals surface area contributed by atoms with Crippen molar-refractivity contribution in [2.45, 2.75) is 52.4 Å². The largest absolute Gasteiger partial charge is 0.507 e. The number of aromatic hydroxyl groups is 1. The highest BCUT2D eigenvalue weighted by molar-refractivity contribution is 5.92. The number of H-pyrrole nitrogens is 1. The molecule has 182 valence electrons. The minimum Gasteiger partial charge on any atom is -0.507 e. The fourth-order valence-corrected chi connectivity index (χ4v) is 3.39. The summed E-state index contributed by atoms with van der Waals surface area (Å²) in [7, 11) is 0. The second-order valence-electron chi connectivity index (χ2n) is 9.28. The third kappa shape index (κ3) is 6.43. The van der Waals surface area contributed by atoms with E-state index in [0.29, 0.717) is 5.75 Å². The molecule has 1 heterocycles. The van der Waals surface area contributed by atoms with Gasteiger partial charge in [0.25, 0.3) is 0 Å². The van der Waals surface area contributed by atoms with Crippen molar-refractivity contribution in [3.05, 3.63) is 60.3 Å². The molecule has 0 radical (unpaired) electrons. The second-order valence-corrected chi connectivity index (χ2v) is 9.28. The molecule has 1 amide bonds. The number of aromatic amines is 1. The number of benzene rings is 2. The SMILES string of the molecule is CC(C)N(CC(COc1cccc2[nH]ccc12)OC(=O)c1ccccc1O)C(=O)OC(C)(C)C. The third-order valence-electron chi connectivity index (χ3n) is 5.03. The first-order chi connectivity index (χ1) is 16.0. The highest BCUT2D eigenvalue weighted by atomic mass is 16.6. The van der Waals surface area contributed by atoms with Crippen molar-refractivity contribution in [2.24, 2.45) is 0 Å². The summed E-state index contributed by atoms with van der Waals surface area (Å²) >= 11 is 0. The molecule has 34 heavy (non-hydrogen) atoms. The maximum Gasteiger partial charge on any atom is 0.410 e. The van der Waals surface area contributed by atoms with Gasteiger partial charge in [-0.05, 0) is 65.0 Å². The normalized spacial score (nSPS) is 12.4. The molecule has 8 nitrogen and oxygen atoms in total. The lowest BCUT2D eigenvalue weighted by Gasteiger charge is -2.32. The molecule has 0 aliphatic rings. The number of aromatic nitrogens is 1. The summed E-state index contributed by atoms with van der Waals surface area (Å²) in [6.07, 6.45) is 0.478. The first kappa shape index (κ1) is 25.0. The summed E-state index contributed by atoms with van der Waals surface area (Å²) < 4.78 is 17.3. The van der Waals surface area contributed by atoms with Crippen LogP contribution in [0.15, 0.2) is 54.7 Å². The van der Waals surface area contributed by atoms with E-state index < -0.39 is 23.8 Å². The van der Waals surface area contributed by atoms with Gasteiger partial charge in [-0.2, -0.15) is 0 Å². The summed E-state index contributed by atoms with van der Waals surface area (Å²) in [4.78, 5) is 30.3. The number of amides is 1. The van der Waals surface area contributed by atoms with E-state index in [1.165, 1.54) is 17.0 Å². The van der Waals surface area contributed by atoms with Crippen molar-refractivity contribution >= 4 is 23.0 Å². The van der Waals surface area contributed by atoms with Crippen LogP contribution in [0.25, 0.3) is 10.9 Å². The van der Waals surface area contributed by atoms with Gasteiger partial charge in [-0.25, -0.2) is 9.59 Å². The number of phenols is 1. The molecule has 2 aromatic carbocycles. The van der Waals surface area contributed by atoms with Crippen LogP contribution in [0, 0.1) is 0 Å². The first-order valence-electron chi connectivity index (χ1n) is 11.2. The molecule has 2 N–H and O–H groups in total. The van der Waals surface area contributed by atoms with Gasteiger partial charge in [-0.3, -0.25) is 0 Å². The predicted molar refractivity (Wildman–Crippen MR) is 129 cm³/mol. The molecule has 0 bridgehead atoms. The number of rotatable bonds is 8. The number of nitrogens with zero attached hydrogens (tertiary/aromatic N) is 1. The number of para-hydroxylation sites is 1. The number of nitrogens with one attached hydrogen (secondary N) is 1. The minimum atomic E-state index is -0.823. The maximum absolute atomic E-state index is 12.8. The molecule has 1 unspecified atom stereocenters. The predicted octanol–water partition coefficient (Wildman–Crippen LogP) is 5.12. The monoisotopic (exact) mass is 468 g/mol. The highest BCUT2D eigenvalue weighted by Gasteiger charge is 2.29. The van der Waals surface area contributed by atoms with Crippen LogP contribution in [-0.4, -0.2) is 58.0 Å². The fraction of sp³-hybridized carbons (Fsp3) is 0.385. The zero-order valence-electron chi connectivity index (χ0n) is 20.2. The molecule has 0 saturated heterocycles. The average molecular weight is 469 g/mol. The number of hydrogen-bond acceptors (Lipinski definition) is 6. The van der Waals surface area contributed by atoms with Gasteiger partial charge in [0, 0.05) is 23.1 Å². The number of esters is 1. The highest BCUT2D eigenvalue weighted by Crippen LogP contribution is 2.25. The summed E-state index contributed by atoms with van der Waals surface area (Å²) in [5.41, 5.74) is 0.276. The van der Waals surface area contributed by atoms with Gasteiger partial charge in [-0.15, -0.1) is 0 Å². The molecular weight excluding hydrogens is 436 g/mol. The molecule has 0 aliphatic heterocycles. The van der Waals surface area contributed by atoms with Crippen molar-refractivity contribution in [1.82, 2.24) is 9.88 Å². The van der Waals surface area contributed by atoms with E-state index >= 15 is 0 Å². The summed E-state index contributed by atoms with van der Waals surface area (Å²) in [5.74, 6) is -0.271. The zero-order valence-corrected chi connectivity index (χ0v) is 20.2. The van der Waals surface area contributed by atoms with E-state index in [9.17, 15) is 14.7 Å². The Hall–Kier alpha value is -3.68. The standard InChI is InChI=1S/C26H32N2O6/c1-17(2)28(25(31)34-26(3,4)5)15-18(33-24(30)20-9-6-7-11-22(20)29)16-32-23-12-8-10-21-19(23)13-14-27-21/h6-14,17-18,27,29H,15-16H2,1-5H3. The number of carbonyl (C=O) groups excluding carboxylic acids is 2. The Kier molecular flexibility index (Phi) is 7.71. The topological polar surface area (TPSA) is 101 Å². The van der Waals surface area contributed by atoms with Gasteiger partial charge in [0.2, 0.25) is 0 Å². The van der Waals surface area contributed by atoms with Crippen LogP contribution in [0.3, 0.4) is 0 Å². The van der Waals surface area contributed by atoms with Crippen LogP contribution in [0.4, 0.5) is 4.79 Å². The van der Waals surface area contributed by atoms with E-state index in [0.717, 1.165) is 10.9 Å². The number of phenolic OH excluding ortho intramolecular Hbond substituents is 1. The molecule has 0 saturated carbocycles. The van der Waals surface area contributed by atoms with E-state index in [4.69, 9.17) is 14.2 Å². The molecule has 3 rings (SSSR count). The van der Waals surface area contributed by atoms with Crippen LogP contribution in [0.5, 0.6) is 11.5 Å². The number of carbonyl (C=O) groups is 2. The molecule has 8 heteroatoms. The average Bonchev–Trinajstić information content (AvgIpc) is 3.23. The van der Waals surface area contributed by atoms with E-state index in [1.54, 1.807) is 32.9 Å². The van der Waals surface area contributed by atoms with Crippen molar-refractivity contribution in [3.63, 3.8) is 0 Å². The molecular formula is C26H32N2O6. The molecule has 3 aromatic rings. The van der Waals surface area contributed by atoms with Crippen LogP contribution in [-0.2, 0) is 9.47 Å². The lowest BCUT2D eigenvalue weighted by Crippen LogP contribution is -2.47. The minimum absolute atomic E-state index is 0.00432. The fourth-order valence-electron chi connectivity index (χ4n) is 3.39. The second kappa shape index (κ2) is 10.5. The maximum atomic E-state index is 12.8. The molecule has 0 fully saturated rings. The van der Waals surface area contributed by atoms with E-state index in [1.807, 2.05) is 44.3 Å². The zero-order chi connectivity index (χ0) is 24.9. The Morgan fingerprint density at radius 2 is 1.79 bits per heavy atom. The van der Waals surface area contributed by atoms with Gasteiger partial charge in [0.15, 0.2) is 6.10 Å². The molecule has 0 spiro atoms. The van der Waals surface area contributed by atoms with Crippen molar-refractivity contribution < 1.29 is 28.9 Å². The Labute approximate surface area is 199 Å². The Morgan fingerprint density at radius 3 is 2.47 bits per heavy atom. The third-order valence-corrected chi connectivity index (χ3v) is 5.03. The molecule has 1 atom stereocenters. The van der Waals surface area contributed by atoms with Crippen LogP contribution >= 0.6 is 0 Å². The first-order valence-corrected chi connectivity index (χ1v) is 11.2. The molecule has 1 aromatic heterocycles.